The number of hydrogen-bond acceptors (Lipinski definition) is 4. The van der Waals surface area contributed by atoms with E-state index in [0.29, 0.717) is 24.4 Å². The molecule has 164 valence electrons. The first-order valence-corrected chi connectivity index (χ1v) is 10.2. The molecule has 1 N–H and O–H groups in total. The van der Waals surface area contributed by atoms with E-state index in [-0.39, 0.29) is 18.5 Å². The third-order valence-corrected chi connectivity index (χ3v) is 5.87. The van der Waals surface area contributed by atoms with Crippen molar-refractivity contribution >= 4 is 11.8 Å². The van der Waals surface area contributed by atoms with Gasteiger partial charge in [-0.25, -0.2) is 8.78 Å². The summed E-state index contributed by atoms with van der Waals surface area (Å²) in [5, 5.41) is 2.77. The Morgan fingerprint density at radius 1 is 1.10 bits per heavy atom. The van der Waals surface area contributed by atoms with E-state index in [1.54, 1.807) is 53.3 Å². The lowest BCUT2D eigenvalue weighted by atomic mass is 10.0. The Morgan fingerprint density at radius 3 is 2.42 bits per heavy atom. The van der Waals surface area contributed by atoms with Gasteiger partial charge in [-0.15, -0.1) is 0 Å². The summed E-state index contributed by atoms with van der Waals surface area (Å²) in [7, 11) is 1.57. The van der Waals surface area contributed by atoms with E-state index in [9.17, 15) is 18.4 Å². The molecule has 2 fully saturated rings. The molecular weight excluding hydrogens is 404 g/mol. The molecular formula is C23H25F2N3O3. The zero-order valence-corrected chi connectivity index (χ0v) is 17.3. The third-order valence-electron chi connectivity index (χ3n) is 5.87. The van der Waals surface area contributed by atoms with E-state index in [0.717, 1.165) is 5.56 Å². The zero-order chi connectivity index (χ0) is 22.0. The van der Waals surface area contributed by atoms with Crippen LogP contribution in [0, 0.1) is 0 Å². The Bertz CT molecular complexity index is 931. The van der Waals surface area contributed by atoms with Crippen molar-refractivity contribution in [3.63, 3.8) is 0 Å². The molecule has 0 saturated carbocycles. The van der Waals surface area contributed by atoms with Gasteiger partial charge in [-0.05, 0) is 29.8 Å². The van der Waals surface area contributed by atoms with Gasteiger partial charge in [0.15, 0.2) is 0 Å². The predicted molar refractivity (Wildman–Crippen MR) is 111 cm³/mol. The second-order valence-corrected chi connectivity index (χ2v) is 8.04. The lowest BCUT2D eigenvalue weighted by Crippen LogP contribution is -2.63. The summed E-state index contributed by atoms with van der Waals surface area (Å²) in [6.45, 7) is 0.464. The Hall–Kier alpha value is -3.00. The van der Waals surface area contributed by atoms with E-state index >= 15 is 0 Å². The highest BCUT2D eigenvalue weighted by molar-refractivity contribution is 5.94. The first kappa shape index (κ1) is 21.2. The number of likely N-dealkylation sites (tertiary alicyclic amines) is 2. The van der Waals surface area contributed by atoms with E-state index in [1.807, 2.05) is 18.2 Å². The number of amides is 2. The molecule has 0 aromatic heterocycles. The molecule has 2 aliphatic rings. The van der Waals surface area contributed by atoms with Crippen LogP contribution >= 0.6 is 0 Å². The predicted octanol–water partition coefficient (Wildman–Crippen LogP) is 2.55. The largest absolute Gasteiger partial charge is 0.497 e. The molecule has 2 amide bonds. The smallest absolute Gasteiger partial charge is 0.262 e. The van der Waals surface area contributed by atoms with Crippen molar-refractivity contribution in [1.29, 1.82) is 0 Å². The van der Waals surface area contributed by atoms with Crippen molar-refractivity contribution in [3.8, 4) is 5.75 Å². The number of halogens is 2. The Morgan fingerprint density at radius 2 is 1.77 bits per heavy atom. The van der Waals surface area contributed by atoms with Crippen molar-refractivity contribution in [2.24, 2.45) is 0 Å². The van der Waals surface area contributed by atoms with E-state index in [1.165, 1.54) is 0 Å². The van der Waals surface area contributed by atoms with Gasteiger partial charge in [0.05, 0.1) is 19.7 Å². The van der Waals surface area contributed by atoms with Gasteiger partial charge in [-0.3, -0.25) is 14.5 Å². The van der Waals surface area contributed by atoms with Gasteiger partial charge in [0.2, 0.25) is 5.91 Å². The normalized spacial score (nSPS) is 20.9. The molecule has 2 saturated heterocycles. The van der Waals surface area contributed by atoms with Crippen molar-refractivity contribution < 1.29 is 23.1 Å². The second kappa shape index (κ2) is 8.63. The van der Waals surface area contributed by atoms with Gasteiger partial charge < -0.3 is 15.0 Å². The average molecular weight is 429 g/mol. The fourth-order valence-corrected chi connectivity index (χ4v) is 4.11. The third kappa shape index (κ3) is 4.69. The molecule has 0 radical (unpaired) electrons. The summed E-state index contributed by atoms with van der Waals surface area (Å²) >= 11 is 0. The fraction of sp³-hybridized carbons (Fsp3) is 0.391. The highest BCUT2D eigenvalue weighted by Crippen LogP contribution is 2.35. The summed E-state index contributed by atoms with van der Waals surface area (Å²) < 4.78 is 33.5. The van der Waals surface area contributed by atoms with Crippen LogP contribution in [0.4, 0.5) is 8.78 Å². The molecule has 0 unspecified atom stereocenters. The van der Waals surface area contributed by atoms with E-state index in [4.69, 9.17) is 4.74 Å². The molecule has 2 aromatic carbocycles. The lowest BCUT2D eigenvalue weighted by Gasteiger charge is -2.45. The number of rotatable bonds is 6. The van der Waals surface area contributed by atoms with Crippen LogP contribution in [0.25, 0.3) is 0 Å². The van der Waals surface area contributed by atoms with Gasteiger partial charge in [0.1, 0.15) is 5.75 Å². The lowest BCUT2D eigenvalue weighted by molar-refractivity contribution is -0.127. The summed E-state index contributed by atoms with van der Waals surface area (Å²) in [6, 6.07) is 14.9. The second-order valence-electron chi connectivity index (χ2n) is 8.04. The number of ether oxygens (including phenoxy) is 1. The molecule has 0 spiro atoms. The van der Waals surface area contributed by atoms with Crippen LogP contribution in [0.3, 0.4) is 0 Å². The van der Waals surface area contributed by atoms with E-state index < -0.39 is 30.8 Å². The molecule has 0 aliphatic carbocycles. The van der Waals surface area contributed by atoms with Crippen LogP contribution in [0.15, 0.2) is 54.6 Å². The maximum Gasteiger partial charge on any atom is 0.262 e. The highest BCUT2D eigenvalue weighted by Gasteiger charge is 2.52. The Labute approximate surface area is 179 Å². The summed E-state index contributed by atoms with van der Waals surface area (Å²) in [6.07, 6.45) is -0.509. The van der Waals surface area contributed by atoms with Gasteiger partial charge in [0.25, 0.3) is 11.8 Å². The van der Waals surface area contributed by atoms with Crippen LogP contribution in [-0.4, -0.2) is 66.4 Å². The summed E-state index contributed by atoms with van der Waals surface area (Å²) in [5.74, 6) is -2.76. The van der Waals surface area contributed by atoms with Crippen LogP contribution in [0.1, 0.15) is 22.3 Å². The van der Waals surface area contributed by atoms with Crippen LogP contribution in [0.2, 0.25) is 0 Å². The quantitative estimate of drug-likeness (QED) is 0.767. The standard InChI is InChI=1S/C23H25F2N3O3/c1-31-19-9-7-16(8-10-19)12-26-21(29)20-11-23(24,25)15-28(20)18-13-27(14-18)22(30)17-5-3-2-4-6-17/h2-10,18,20H,11-15H2,1H3,(H,26,29)/t20-/m0/s1. The topological polar surface area (TPSA) is 61.9 Å². The van der Waals surface area contributed by atoms with Crippen molar-refractivity contribution in [3.05, 3.63) is 65.7 Å². The molecule has 31 heavy (non-hydrogen) atoms. The molecule has 4 rings (SSSR count). The van der Waals surface area contributed by atoms with E-state index in [2.05, 4.69) is 5.32 Å². The number of carbonyl (C=O) groups is 2. The number of methoxy groups -OCH3 is 1. The van der Waals surface area contributed by atoms with Gasteiger partial charge >= 0.3 is 0 Å². The molecule has 0 bridgehead atoms. The maximum atomic E-state index is 14.2. The minimum absolute atomic E-state index is 0.122. The minimum Gasteiger partial charge on any atom is -0.497 e. The number of nitrogens with one attached hydrogen (secondary N) is 1. The number of benzene rings is 2. The number of alkyl halides is 2. The van der Waals surface area contributed by atoms with Gasteiger partial charge in [-0.2, -0.15) is 0 Å². The number of hydrogen-bond donors (Lipinski definition) is 1. The summed E-state index contributed by atoms with van der Waals surface area (Å²) in [4.78, 5) is 28.4. The van der Waals surface area contributed by atoms with Crippen LogP contribution < -0.4 is 10.1 Å². The fourth-order valence-electron chi connectivity index (χ4n) is 4.11. The Kier molecular flexibility index (Phi) is 5.91. The number of nitrogens with zero attached hydrogens (tertiary/aromatic N) is 2. The molecule has 6 nitrogen and oxygen atoms in total. The van der Waals surface area contributed by atoms with Crippen LogP contribution in [-0.2, 0) is 11.3 Å². The van der Waals surface area contributed by atoms with Crippen molar-refractivity contribution in [1.82, 2.24) is 15.1 Å². The van der Waals surface area contributed by atoms with Gasteiger partial charge in [-0.1, -0.05) is 30.3 Å². The molecule has 8 heteroatoms. The van der Waals surface area contributed by atoms with Gasteiger partial charge in [0, 0.05) is 37.7 Å². The zero-order valence-electron chi connectivity index (χ0n) is 17.3. The highest BCUT2D eigenvalue weighted by atomic mass is 19.3. The SMILES string of the molecule is COc1ccc(CNC(=O)[C@@H]2CC(F)(F)CN2C2CN(C(=O)c3ccccc3)C2)cc1. The molecule has 1 atom stereocenters. The molecule has 2 aliphatic heterocycles. The monoisotopic (exact) mass is 429 g/mol. The van der Waals surface area contributed by atoms with Crippen LogP contribution in [0.5, 0.6) is 5.75 Å². The first-order chi connectivity index (χ1) is 14.9. The molecule has 2 aromatic rings. The first-order valence-electron chi connectivity index (χ1n) is 10.2. The summed E-state index contributed by atoms with van der Waals surface area (Å²) in [5.41, 5.74) is 1.43. The maximum absolute atomic E-state index is 14.2. The average Bonchev–Trinajstić information content (AvgIpc) is 3.07. The molecule has 2 heterocycles. The van der Waals surface area contributed by atoms with Crippen molar-refractivity contribution in [2.75, 3.05) is 26.7 Å². The Balaban J connectivity index is 1.35. The number of carbonyl (C=O) groups excluding carboxylic acids is 2. The minimum atomic E-state index is -2.92. The van der Waals surface area contributed by atoms with Crippen molar-refractivity contribution in [2.45, 2.75) is 31.0 Å².